The van der Waals surface area contributed by atoms with Gasteiger partial charge < -0.3 is 10.1 Å². The van der Waals surface area contributed by atoms with Gasteiger partial charge in [-0.1, -0.05) is 0 Å². The van der Waals surface area contributed by atoms with E-state index in [9.17, 15) is 0 Å². The van der Waals surface area contributed by atoms with Gasteiger partial charge in [-0.3, -0.25) is 0 Å². The van der Waals surface area contributed by atoms with Gasteiger partial charge >= 0.3 is 0 Å². The predicted octanol–water partition coefficient (Wildman–Crippen LogP) is 2.29. The fraction of sp³-hybridized carbons (Fsp3) is 0.444. The molecular weight excluding hydrogens is 232 g/mol. The van der Waals surface area contributed by atoms with E-state index in [4.69, 9.17) is 4.74 Å². The molecule has 72 valence electrons. The normalized spacial score (nSPS) is 12.5. The number of rotatable bonds is 4. The largest absolute Gasteiger partial charge is 0.383 e. The molecule has 1 aromatic heterocycles. The van der Waals surface area contributed by atoms with Crippen molar-refractivity contribution in [2.24, 2.45) is 0 Å². The van der Waals surface area contributed by atoms with E-state index in [-0.39, 0.29) is 6.04 Å². The van der Waals surface area contributed by atoms with Gasteiger partial charge in [0.05, 0.1) is 6.61 Å². The Bertz CT molecular complexity index is 250. The average Bonchev–Trinajstić information content (AvgIpc) is 2.09. The SMILES string of the molecule is COCC(C)Nc1ccc(Br)cn1. The Labute approximate surface area is 86.6 Å². The van der Waals surface area contributed by atoms with E-state index in [1.165, 1.54) is 0 Å². The molecule has 0 aliphatic heterocycles. The second-order valence-electron chi connectivity index (χ2n) is 2.86. The van der Waals surface area contributed by atoms with Crippen molar-refractivity contribution in [3.8, 4) is 0 Å². The molecule has 0 amide bonds. The molecule has 3 nitrogen and oxygen atoms in total. The Morgan fingerprint density at radius 2 is 2.38 bits per heavy atom. The van der Waals surface area contributed by atoms with Crippen molar-refractivity contribution in [2.75, 3.05) is 19.0 Å². The number of halogens is 1. The highest BCUT2D eigenvalue weighted by molar-refractivity contribution is 9.10. The molecule has 1 N–H and O–H groups in total. The monoisotopic (exact) mass is 244 g/mol. The van der Waals surface area contributed by atoms with Gasteiger partial charge in [0.25, 0.3) is 0 Å². The van der Waals surface area contributed by atoms with E-state index in [2.05, 4.69) is 26.2 Å². The molecule has 0 spiro atoms. The van der Waals surface area contributed by atoms with Crippen LogP contribution in [0.5, 0.6) is 0 Å². The summed E-state index contributed by atoms with van der Waals surface area (Å²) < 4.78 is 5.98. The first-order valence-electron chi connectivity index (χ1n) is 4.09. The summed E-state index contributed by atoms with van der Waals surface area (Å²) in [7, 11) is 1.69. The van der Waals surface area contributed by atoms with Crippen LogP contribution in [0, 0.1) is 0 Å². The lowest BCUT2D eigenvalue weighted by atomic mass is 10.3. The van der Waals surface area contributed by atoms with Crippen molar-refractivity contribution < 1.29 is 4.74 Å². The van der Waals surface area contributed by atoms with Crippen LogP contribution in [0.25, 0.3) is 0 Å². The molecule has 4 heteroatoms. The molecule has 0 fully saturated rings. The van der Waals surface area contributed by atoms with Crippen LogP contribution in [0.15, 0.2) is 22.8 Å². The average molecular weight is 245 g/mol. The van der Waals surface area contributed by atoms with Crippen molar-refractivity contribution in [1.82, 2.24) is 4.98 Å². The maximum atomic E-state index is 5.00. The first kappa shape index (κ1) is 10.5. The molecule has 1 aromatic rings. The van der Waals surface area contributed by atoms with Crippen LogP contribution in [-0.2, 0) is 4.74 Å². The lowest BCUT2D eigenvalue weighted by Gasteiger charge is -2.12. The van der Waals surface area contributed by atoms with Gasteiger partial charge in [0.15, 0.2) is 0 Å². The molecule has 1 atom stereocenters. The molecule has 0 aliphatic rings. The molecule has 0 saturated carbocycles. The number of hydrogen-bond acceptors (Lipinski definition) is 3. The Kier molecular flexibility index (Phi) is 4.18. The molecule has 0 aromatic carbocycles. The maximum Gasteiger partial charge on any atom is 0.126 e. The standard InChI is InChI=1S/C9H13BrN2O/c1-7(6-13-2)12-9-4-3-8(10)5-11-9/h3-5,7H,6H2,1-2H3,(H,11,12). The fourth-order valence-electron chi connectivity index (χ4n) is 1.01. The van der Waals surface area contributed by atoms with E-state index >= 15 is 0 Å². The molecule has 13 heavy (non-hydrogen) atoms. The minimum atomic E-state index is 0.277. The van der Waals surface area contributed by atoms with Crippen molar-refractivity contribution in [1.29, 1.82) is 0 Å². The van der Waals surface area contributed by atoms with Gasteiger partial charge in [-0.05, 0) is 35.0 Å². The number of anilines is 1. The van der Waals surface area contributed by atoms with Gasteiger partial charge in [-0.2, -0.15) is 0 Å². The van der Waals surface area contributed by atoms with Crippen LogP contribution < -0.4 is 5.32 Å². The topological polar surface area (TPSA) is 34.1 Å². The third-order valence-corrected chi connectivity index (χ3v) is 2.01. The van der Waals surface area contributed by atoms with E-state index in [1.54, 1.807) is 13.3 Å². The summed E-state index contributed by atoms with van der Waals surface area (Å²) in [4.78, 5) is 4.19. The van der Waals surface area contributed by atoms with Gasteiger partial charge in [-0.25, -0.2) is 4.98 Å². The first-order valence-corrected chi connectivity index (χ1v) is 4.88. The Morgan fingerprint density at radius 3 is 2.92 bits per heavy atom. The van der Waals surface area contributed by atoms with Crippen molar-refractivity contribution >= 4 is 21.7 Å². The highest BCUT2D eigenvalue weighted by Gasteiger charge is 2.00. The molecule has 0 radical (unpaired) electrons. The summed E-state index contributed by atoms with van der Waals surface area (Å²) >= 11 is 3.33. The Hall–Kier alpha value is -0.610. The van der Waals surface area contributed by atoms with Crippen LogP contribution >= 0.6 is 15.9 Å². The zero-order valence-corrected chi connectivity index (χ0v) is 9.34. The summed E-state index contributed by atoms with van der Waals surface area (Å²) in [5.41, 5.74) is 0. The molecule has 1 heterocycles. The molecular formula is C9H13BrN2O. The van der Waals surface area contributed by atoms with E-state index in [0.717, 1.165) is 10.3 Å². The van der Waals surface area contributed by atoms with Crippen molar-refractivity contribution in [2.45, 2.75) is 13.0 Å². The highest BCUT2D eigenvalue weighted by atomic mass is 79.9. The number of ether oxygens (including phenoxy) is 1. The smallest absolute Gasteiger partial charge is 0.126 e. The van der Waals surface area contributed by atoms with Crippen LogP contribution in [0.4, 0.5) is 5.82 Å². The highest BCUT2D eigenvalue weighted by Crippen LogP contribution is 2.11. The third kappa shape index (κ3) is 3.74. The summed E-state index contributed by atoms with van der Waals surface area (Å²) in [6.45, 7) is 2.73. The summed E-state index contributed by atoms with van der Waals surface area (Å²) in [6, 6.07) is 4.16. The third-order valence-electron chi connectivity index (χ3n) is 1.54. The van der Waals surface area contributed by atoms with Gasteiger partial charge in [0.1, 0.15) is 5.82 Å². The molecule has 1 rings (SSSR count). The lowest BCUT2D eigenvalue weighted by molar-refractivity contribution is 0.190. The predicted molar refractivity (Wildman–Crippen MR) is 56.9 cm³/mol. The van der Waals surface area contributed by atoms with Gasteiger partial charge in [-0.15, -0.1) is 0 Å². The molecule has 0 saturated heterocycles. The van der Waals surface area contributed by atoms with Crippen LogP contribution in [-0.4, -0.2) is 24.7 Å². The number of nitrogens with one attached hydrogen (secondary N) is 1. The van der Waals surface area contributed by atoms with Crippen LogP contribution in [0.2, 0.25) is 0 Å². The lowest BCUT2D eigenvalue weighted by Crippen LogP contribution is -2.21. The fourth-order valence-corrected chi connectivity index (χ4v) is 1.24. The van der Waals surface area contributed by atoms with Crippen molar-refractivity contribution in [3.63, 3.8) is 0 Å². The summed E-state index contributed by atoms with van der Waals surface area (Å²) in [5, 5.41) is 3.21. The molecule has 0 bridgehead atoms. The number of nitrogens with zero attached hydrogens (tertiary/aromatic N) is 1. The minimum absolute atomic E-state index is 0.277. The van der Waals surface area contributed by atoms with Crippen LogP contribution in [0.3, 0.4) is 0 Å². The number of pyridine rings is 1. The second-order valence-corrected chi connectivity index (χ2v) is 3.78. The Morgan fingerprint density at radius 1 is 1.62 bits per heavy atom. The van der Waals surface area contributed by atoms with E-state index < -0.39 is 0 Å². The maximum absolute atomic E-state index is 5.00. The van der Waals surface area contributed by atoms with Gasteiger partial charge in [0.2, 0.25) is 0 Å². The van der Waals surface area contributed by atoms with Crippen LogP contribution in [0.1, 0.15) is 6.92 Å². The zero-order chi connectivity index (χ0) is 9.68. The summed E-state index contributed by atoms with van der Waals surface area (Å²) in [5.74, 6) is 0.868. The summed E-state index contributed by atoms with van der Waals surface area (Å²) in [6.07, 6.45) is 1.77. The zero-order valence-electron chi connectivity index (χ0n) is 7.75. The van der Waals surface area contributed by atoms with E-state index in [0.29, 0.717) is 6.61 Å². The molecule has 1 unspecified atom stereocenters. The number of aromatic nitrogens is 1. The number of methoxy groups -OCH3 is 1. The Balaban J connectivity index is 2.49. The quantitative estimate of drug-likeness (QED) is 0.883. The number of hydrogen-bond donors (Lipinski definition) is 1. The minimum Gasteiger partial charge on any atom is -0.383 e. The molecule has 0 aliphatic carbocycles. The van der Waals surface area contributed by atoms with E-state index in [1.807, 2.05) is 19.1 Å². The first-order chi connectivity index (χ1) is 6.22. The second kappa shape index (κ2) is 5.19. The van der Waals surface area contributed by atoms with Gasteiger partial charge in [0, 0.05) is 23.8 Å². The van der Waals surface area contributed by atoms with Crippen molar-refractivity contribution in [3.05, 3.63) is 22.8 Å².